The van der Waals surface area contributed by atoms with Crippen LogP contribution in [0.25, 0.3) is 0 Å². The number of ether oxygens (including phenoxy) is 6. The summed E-state index contributed by atoms with van der Waals surface area (Å²) >= 11 is 0. The number of rotatable bonds is 55. The highest BCUT2D eigenvalue weighted by molar-refractivity contribution is 5.76. The molecule has 0 aromatic rings. The van der Waals surface area contributed by atoms with E-state index in [4.69, 9.17) is 28.4 Å². The average molecular weight is 1270 g/mol. The Labute approximate surface area is 536 Å². The van der Waals surface area contributed by atoms with Gasteiger partial charge in [-0.05, 0) is 51.4 Å². The standard InChI is InChI=1S/C70H129NO18/c1-3-5-7-9-11-13-15-17-19-21-23-25-26-28-29-31-33-35-37-39-41-43-45-47-54(75)53(71-58(76)48-46-44-42-40-38-36-34-32-30-27-24-22-20-18-16-14-12-10-8-6-4-2)52-84-68-64(82)61(79)66(56(50-73)86-68)89-70-65(83)62(80)67(57(51-74)87-70)88-69-63(81)60(78)59(77)55(49-72)85-69/h16,18,22,24,45,47,53-57,59-70,72-75,77-83H,3-15,17,19-21,23,25-44,46,48-52H2,1-2H3,(H,71,76)/b18-16-,24-22-,47-45+. The van der Waals surface area contributed by atoms with Crippen molar-refractivity contribution < 1.29 is 89.4 Å². The summed E-state index contributed by atoms with van der Waals surface area (Å²) in [5.41, 5.74) is 0. The van der Waals surface area contributed by atoms with E-state index in [2.05, 4.69) is 43.5 Å². The fourth-order valence-corrected chi connectivity index (χ4v) is 12.1. The minimum atomic E-state index is -1.98. The van der Waals surface area contributed by atoms with Crippen LogP contribution < -0.4 is 5.32 Å². The molecule has 3 rings (SSSR count). The zero-order valence-corrected chi connectivity index (χ0v) is 55.2. The molecule has 19 nitrogen and oxygen atoms in total. The molecule has 0 bridgehead atoms. The quantitative estimate of drug-likeness (QED) is 0.0199. The molecule has 0 aromatic heterocycles. The molecule has 3 saturated heterocycles. The number of aliphatic hydroxyl groups is 11. The van der Waals surface area contributed by atoms with Crippen molar-refractivity contribution in [3.8, 4) is 0 Å². The maximum absolute atomic E-state index is 13.4. The second-order valence-electron chi connectivity index (χ2n) is 25.7. The first kappa shape index (κ1) is 81.2. The van der Waals surface area contributed by atoms with E-state index in [1.54, 1.807) is 6.08 Å². The van der Waals surface area contributed by atoms with Crippen molar-refractivity contribution >= 4 is 5.91 Å². The molecule has 0 aromatic carbocycles. The molecule has 3 heterocycles. The first-order valence-corrected chi connectivity index (χ1v) is 35.7. The molecule has 0 aliphatic carbocycles. The Hall–Kier alpha value is -1.99. The van der Waals surface area contributed by atoms with Crippen molar-refractivity contribution in [2.45, 2.75) is 375 Å². The zero-order valence-electron chi connectivity index (χ0n) is 55.2. The molecule has 522 valence electrons. The fourth-order valence-electron chi connectivity index (χ4n) is 12.1. The molecule has 12 N–H and O–H groups in total. The van der Waals surface area contributed by atoms with Gasteiger partial charge >= 0.3 is 0 Å². The maximum Gasteiger partial charge on any atom is 0.220 e. The number of amides is 1. The molecule has 17 unspecified atom stereocenters. The summed E-state index contributed by atoms with van der Waals surface area (Å²) in [5, 5.41) is 121. The molecular formula is C70H129NO18. The van der Waals surface area contributed by atoms with E-state index in [0.717, 1.165) is 64.2 Å². The molecule has 19 heteroatoms. The van der Waals surface area contributed by atoms with Gasteiger partial charge in [0.1, 0.15) is 73.2 Å². The van der Waals surface area contributed by atoms with Crippen LogP contribution in [0.5, 0.6) is 0 Å². The smallest absolute Gasteiger partial charge is 0.220 e. The highest BCUT2D eigenvalue weighted by Gasteiger charge is 2.53. The van der Waals surface area contributed by atoms with E-state index in [0.29, 0.717) is 6.42 Å². The van der Waals surface area contributed by atoms with Crippen LogP contribution in [0.15, 0.2) is 36.5 Å². The van der Waals surface area contributed by atoms with E-state index in [9.17, 15) is 61.0 Å². The Morgan fingerprint density at radius 1 is 0.404 bits per heavy atom. The van der Waals surface area contributed by atoms with Crippen molar-refractivity contribution in [1.82, 2.24) is 5.32 Å². The van der Waals surface area contributed by atoms with Crippen LogP contribution in [0.4, 0.5) is 0 Å². The summed E-state index contributed by atoms with van der Waals surface area (Å²) in [6.07, 6.45) is 34.0. The normalized spacial score (nSPS) is 28.4. The summed E-state index contributed by atoms with van der Waals surface area (Å²) in [4.78, 5) is 13.4. The number of hydrogen-bond donors (Lipinski definition) is 12. The lowest BCUT2D eigenvalue weighted by Gasteiger charge is -2.48. The Morgan fingerprint density at radius 2 is 0.742 bits per heavy atom. The molecule has 3 fully saturated rings. The van der Waals surface area contributed by atoms with E-state index in [1.165, 1.54) is 180 Å². The van der Waals surface area contributed by atoms with Gasteiger partial charge in [-0.2, -0.15) is 0 Å². The Bertz CT molecular complexity index is 1760. The summed E-state index contributed by atoms with van der Waals surface area (Å²) in [6, 6.07) is -0.976. The fraction of sp³-hybridized carbons (Fsp3) is 0.900. The van der Waals surface area contributed by atoms with Crippen LogP contribution in [0, 0.1) is 0 Å². The predicted molar refractivity (Wildman–Crippen MR) is 346 cm³/mol. The summed E-state index contributed by atoms with van der Waals surface area (Å²) in [5.74, 6) is -0.277. The van der Waals surface area contributed by atoms with Gasteiger partial charge in [-0.25, -0.2) is 0 Å². The molecule has 0 spiro atoms. The third kappa shape index (κ3) is 34.3. The number of carbonyl (C=O) groups excluding carboxylic acids is 1. The van der Waals surface area contributed by atoms with Crippen LogP contribution in [0.1, 0.15) is 271 Å². The molecular weight excluding hydrogens is 1140 g/mol. The lowest BCUT2D eigenvalue weighted by atomic mass is 9.96. The molecule has 17 atom stereocenters. The third-order valence-corrected chi connectivity index (χ3v) is 17.9. The second kappa shape index (κ2) is 52.3. The minimum absolute atomic E-state index is 0.239. The molecule has 3 aliphatic rings. The van der Waals surface area contributed by atoms with Crippen LogP contribution in [0.2, 0.25) is 0 Å². The van der Waals surface area contributed by atoms with Crippen molar-refractivity contribution in [2.75, 3.05) is 26.4 Å². The van der Waals surface area contributed by atoms with Gasteiger partial charge in [0.05, 0.1) is 38.6 Å². The number of carbonyl (C=O) groups is 1. The molecule has 0 radical (unpaired) electrons. The van der Waals surface area contributed by atoms with Crippen molar-refractivity contribution in [3.05, 3.63) is 36.5 Å². The Balaban J connectivity index is 1.44. The SMILES string of the molecule is CCCCCCC/C=C\C/C=C\CCCCCCCCCCCC(=O)NC(COC1OC(CO)C(OC2OC(CO)C(OC3OC(CO)C(O)C(O)C3O)C(O)C2O)C(O)C1O)C(O)/C=C/CCCCCCCCCCCCCCCCCCCCCCC. The van der Waals surface area contributed by atoms with Crippen molar-refractivity contribution in [1.29, 1.82) is 0 Å². The number of hydrogen-bond acceptors (Lipinski definition) is 18. The van der Waals surface area contributed by atoms with E-state index in [-0.39, 0.29) is 18.9 Å². The van der Waals surface area contributed by atoms with Crippen LogP contribution in [-0.2, 0) is 33.2 Å². The highest BCUT2D eigenvalue weighted by atomic mass is 16.8. The predicted octanol–water partition coefficient (Wildman–Crippen LogP) is 9.61. The number of nitrogens with one attached hydrogen (secondary N) is 1. The van der Waals surface area contributed by atoms with Crippen molar-refractivity contribution in [3.63, 3.8) is 0 Å². The number of allylic oxidation sites excluding steroid dienone is 5. The highest BCUT2D eigenvalue weighted by Crippen LogP contribution is 2.33. The zero-order chi connectivity index (χ0) is 64.7. The topological polar surface area (TPSA) is 307 Å². The summed E-state index contributed by atoms with van der Waals surface area (Å²) in [7, 11) is 0. The molecule has 1 amide bonds. The molecule has 0 saturated carbocycles. The van der Waals surface area contributed by atoms with E-state index in [1.807, 2.05) is 6.08 Å². The lowest BCUT2D eigenvalue weighted by Crippen LogP contribution is -2.66. The largest absolute Gasteiger partial charge is 0.394 e. The van der Waals surface area contributed by atoms with Gasteiger partial charge in [0.15, 0.2) is 18.9 Å². The molecule has 3 aliphatic heterocycles. The first-order chi connectivity index (χ1) is 43.3. The van der Waals surface area contributed by atoms with E-state index >= 15 is 0 Å². The summed E-state index contributed by atoms with van der Waals surface area (Å²) in [6.45, 7) is 1.75. The first-order valence-electron chi connectivity index (χ1n) is 35.7. The minimum Gasteiger partial charge on any atom is -0.394 e. The van der Waals surface area contributed by atoms with Crippen LogP contribution >= 0.6 is 0 Å². The number of unbranched alkanes of at least 4 members (excludes halogenated alkanes) is 35. The van der Waals surface area contributed by atoms with Gasteiger partial charge in [0.25, 0.3) is 0 Å². The van der Waals surface area contributed by atoms with Gasteiger partial charge in [-0.15, -0.1) is 0 Å². The molecule has 89 heavy (non-hydrogen) atoms. The van der Waals surface area contributed by atoms with Gasteiger partial charge in [0, 0.05) is 6.42 Å². The lowest BCUT2D eigenvalue weighted by molar-refractivity contribution is -0.379. The van der Waals surface area contributed by atoms with Gasteiger partial charge < -0.3 is 89.9 Å². The third-order valence-electron chi connectivity index (χ3n) is 17.9. The van der Waals surface area contributed by atoms with Gasteiger partial charge in [-0.1, -0.05) is 249 Å². The van der Waals surface area contributed by atoms with Crippen LogP contribution in [-0.4, -0.2) is 193 Å². The monoisotopic (exact) mass is 1270 g/mol. The van der Waals surface area contributed by atoms with Crippen molar-refractivity contribution in [2.24, 2.45) is 0 Å². The average Bonchev–Trinajstić information content (AvgIpc) is 1.93. The van der Waals surface area contributed by atoms with E-state index < -0.39 is 124 Å². The van der Waals surface area contributed by atoms with Gasteiger partial charge in [0.2, 0.25) is 5.91 Å². The Morgan fingerprint density at radius 3 is 1.15 bits per heavy atom. The Kier molecular flexibility index (Phi) is 47.7. The van der Waals surface area contributed by atoms with Gasteiger partial charge in [-0.3, -0.25) is 4.79 Å². The number of aliphatic hydroxyl groups excluding tert-OH is 11. The summed E-state index contributed by atoms with van der Waals surface area (Å²) < 4.78 is 34.4. The second-order valence-corrected chi connectivity index (χ2v) is 25.7. The van der Waals surface area contributed by atoms with Crippen LogP contribution in [0.3, 0.4) is 0 Å². The maximum atomic E-state index is 13.4.